The maximum atomic E-state index is 12.2. The van der Waals surface area contributed by atoms with Gasteiger partial charge >= 0.3 is 6.18 Å². The molecule has 0 bridgehead atoms. The summed E-state index contributed by atoms with van der Waals surface area (Å²) in [6.07, 6.45) is -2.03. The SMILES string of the molecule is Cc1ccnc2c1nc(CCCl)n2CCCCC(F)(F)F. The van der Waals surface area contributed by atoms with Gasteiger partial charge in [0.2, 0.25) is 0 Å². The van der Waals surface area contributed by atoms with Gasteiger partial charge < -0.3 is 4.57 Å². The van der Waals surface area contributed by atoms with E-state index in [-0.39, 0.29) is 6.42 Å². The number of halogens is 4. The molecule has 0 saturated carbocycles. The molecule has 0 amide bonds. The number of hydrogen-bond acceptors (Lipinski definition) is 2. The zero-order chi connectivity index (χ0) is 15.5. The molecular weight excluding hydrogens is 303 g/mol. The molecule has 0 unspecified atom stereocenters. The molecule has 0 aliphatic rings. The van der Waals surface area contributed by atoms with Crippen molar-refractivity contribution in [3.63, 3.8) is 0 Å². The Balaban J connectivity index is 2.17. The van der Waals surface area contributed by atoms with Gasteiger partial charge in [-0.2, -0.15) is 13.2 Å². The first-order chi connectivity index (χ1) is 9.92. The van der Waals surface area contributed by atoms with Crippen molar-refractivity contribution in [2.24, 2.45) is 0 Å². The van der Waals surface area contributed by atoms with Crippen LogP contribution in [0.5, 0.6) is 0 Å². The minimum atomic E-state index is -4.09. The van der Waals surface area contributed by atoms with Gasteiger partial charge in [0, 0.05) is 31.5 Å². The zero-order valence-electron chi connectivity index (χ0n) is 11.8. The highest BCUT2D eigenvalue weighted by atomic mass is 35.5. The first-order valence-corrected chi connectivity index (χ1v) is 7.39. The minimum Gasteiger partial charge on any atom is -0.313 e. The fourth-order valence-corrected chi connectivity index (χ4v) is 2.46. The van der Waals surface area contributed by atoms with Gasteiger partial charge in [-0.1, -0.05) is 0 Å². The second-order valence-electron chi connectivity index (χ2n) is 4.99. The Kier molecular flexibility index (Phi) is 5.08. The van der Waals surface area contributed by atoms with Crippen LogP contribution < -0.4 is 0 Å². The van der Waals surface area contributed by atoms with Crippen molar-refractivity contribution in [3.05, 3.63) is 23.7 Å². The van der Waals surface area contributed by atoms with E-state index in [2.05, 4.69) is 9.97 Å². The van der Waals surface area contributed by atoms with Crippen LogP contribution >= 0.6 is 11.6 Å². The number of aryl methyl sites for hydroxylation is 3. The second-order valence-corrected chi connectivity index (χ2v) is 5.37. The zero-order valence-corrected chi connectivity index (χ0v) is 12.5. The van der Waals surface area contributed by atoms with Crippen LogP contribution in [0.15, 0.2) is 12.3 Å². The number of nitrogens with zero attached hydrogens (tertiary/aromatic N) is 3. The van der Waals surface area contributed by atoms with Crippen LogP contribution in [0, 0.1) is 6.92 Å². The highest BCUT2D eigenvalue weighted by Gasteiger charge is 2.26. The first kappa shape index (κ1) is 16.1. The fourth-order valence-electron chi connectivity index (χ4n) is 2.29. The average Bonchev–Trinajstić information content (AvgIpc) is 2.74. The number of pyridine rings is 1. The van der Waals surface area contributed by atoms with Crippen LogP contribution in [0.3, 0.4) is 0 Å². The first-order valence-electron chi connectivity index (χ1n) is 6.86. The van der Waals surface area contributed by atoms with Crippen LogP contribution in [0.2, 0.25) is 0 Å². The monoisotopic (exact) mass is 319 g/mol. The van der Waals surface area contributed by atoms with Crippen molar-refractivity contribution in [2.75, 3.05) is 5.88 Å². The number of hydrogen-bond donors (Lipinski definition) is 0. The van der Waals surface area contributed by atoms with Crippen LogP contribution in [0.1, 0.15) is 30.7 Å². The lowest BCUT2D eigenvalue weighted by Gasteiger charge is -2.09. The molecule has 0 fully saturated rings. The highest BCUT2D eigenvalue weighted by molar-refractivity contribution is 6.17. The van der Waals surface area contributed by atoms with Gasteiger partial charge in [-0.05, 0) is 31.4 Å². The molecule has 2 heterocycles. The molecule has 2 aromatic rings. The predicted octanol–water partition coefficient (Wildman–Crippen LogP) is 4.25. The van der Waals surface area contributed by atoms with Crippen LogP contribution in [-0.2, 0) is 13.0 Å². The van der Waals surface area contributed by atoms with E-state index in [0.717, 1.165) is 22.6 Å². The molecule has 0 aliphatic carbocycles. The molecule has 0 spiro atoms. The number of fused-ring (bicyclic) bond motifs is 1. The molecule has 2 aromatic heterocycles. The molecule has 0 aliphatic heterocycles. The standard InChI is InChI=1S/C14H17ClF3N3/c1-10-5-8-19-13-12(10)20-11(4-7-15)21(13)9-3-2-6-14(16,17)18/h5,8H,2-4,6-7,9H2,1H3. The fraction of sp³-hybridized carbons (Fsp3) is 0.571. The predicted molar refractivity (Wildman–Crippen MR) is 76.6 cm³/mol. The van der Waals surface area contributed by atoms with Crippen molar-refractivity contribution in [1.29, 1.82) is 0 Å². The number of alkyl halides is 4. The molecule has 116 valence electrons. The summed E-state index contributed by atoms with van der Waals surface area (Å²) in [6, 6.07) is 1.87. The summed E-state index contributed by atoms with van der Waals surface area (Å²) in [5.74, 6) is 1.21. The van der Waals surface area contributed by atoms with E-state index in [4.69, 9.17) is 11.6 Å². The molecule has 0 saturated heterocycles. The van der Waals surface area contributed by atoms with Gasteiger partial charge in [-0.3, -0.25) is 0 Å². The summed E-state index contributed by atoms with van der Waals surface area (Å²) in [5.41, 5.74) is 2.53. The van der Waals surface area contributed by atoms with Crippen LogP contribution in [0.4, 0.5) is 13.2 Å². The summed E-state index contributed by atoms with van der Waals surface area (Å²) in [5, 5.41) is 0. The Morgan fingerprint density at radius 3 is 2.71 bits per heavy atom. The highest BCUT2D eigenvalue weighted by Crippen LogP contribution is 2.23. The van der Waals surface area contributed by atoms with Crippen LogP contribution in [-0.4, -0.2) is 26.6 Å². The summed E-state index contributed by atoms with van der Waals surface area (Å²) < 4.78 is 38.4. The Labute approximate surface area is 126 Å². The smallest absolute Gasteiger partial charge is 0.313 e. The largest absolute Gasteiger partial charge is 0.389 e. The average molecular weight is 320 g/mol. The van der Waals surface area contributed by atoms with E-state index in [1.807, 2.05) is 17.6 Å². The summed E-state index contributed by atoms with van der Waals surface area (Å²) in [6.45, 7) is 2.42. The normalized spacial score (nSPS) is 12.2. The Bertz CT molecular complexity index is 607. The topological polar surface area (TPSA) is 30.7 Å². The minimum absolute atomic E-state index is 0.106. The Morgan fingerprint density at radius 1 is 1.29 bits per heavy atom. The quantitative estimate of drug-likeness (QED) is 0.588. The molecule has 0 N–H and O–H groups in total. The molecule has 3 nitrogen and oxygen atoms in total. The lowest BCUT2D eigenvalue weighted by Crippen LogP contribution is -2.09. The van der Waals surface area contributed by atoms with Gasteiger partial charge in [-0.15, -0.1) is 11.6 Å². The Morgan fingerprint density at radius 2 is 2.05 bits per heavy atom. The van der Waals surface area contributed by atoms with E-state index in [1.54, 1.807) is 6.20 Å². The molecular formula is C14H17ClF3N3. The number of aromatic nitrogens is 3. The number of imidazole rings is 1. The van der Waals surface area contributed by atoms with Gasteiger partial charge in [-0.25, -0.2) is 9.97 Å². The van der Waals surface area contributed by atoms with E-state index in [0.29, 0.717) is 25.3 Å². The lowest BCUT2D eigenvalue weighted by molar-refractivity contribution is -0.135. The van der Waals surface area contributed by atoms with E-state index >= 15 is 0 Å². The third-order valence-electron chi connectivity index (χ3n) is 3.32. The third-order valence-corrected chi connectivity index (χ3v) is 3.51. The third kappa shape index (κ3) is 4.09. The molecule has 0 radical (unpaired) electrons. The van der Waals surface area contributed by atoms with Crippen molar-refractivity contribution < 1.29 is 13.2 Å². The van der Waals surface area contributed by atoms with Gasteiger partial charge in [0.05, 0.1) is 0 Å². The van der Waals surface area contributed by atoms with Gasteiger partial charge in [0.15, 0.2) is 5.65 Å². The maximum Gasteiger partial charge on any atom is 0.389 e. The second kappa shape index (κ2) is 6.64. The van der Waals surface area contributed by atoms with E-state index in [1.165, 1.54) is 0 Å². The summed E-state index contributed by atoms with van der Waals surface area (Å²) in [4.78, 5) is 8.83. The molecule has 7 heteroatoms. The van der Waals surface area contributed by atoms with Crippen molar-refractivity contribution in [1.82, 2.24) is 14.5 Å². The summed E-state index contributed by atoms with van der Waals surface area (Å²) >= 11 is 5.77. The van der Waals surface area contributed by atoms with Gasteiger partial charge in [0.1, 0.15) is 11.3 Å². The van der Waals surface area contributed by atoms with Crippen LogP contribution in [0.25, 0.3) is 11.2 Å². The maximum absolute atomic E-state index is 12.2. The molecule has 0 atom stereocenters. The number of rotatable bonds is 6. The lowest BCUT2D eigenvalue weighted by atomic mass is 10.2. The van der Waals surface area contributed by atoms with E-state index < -0.39 is 12.6 Å². The molecule has 0 aromatic carbocycles. The van der Waals surface area contributed by atoms with Crippen molar-refractivity contribution in [2.45, 2.75) is 45.3 Å². The molecule has 2 rings (SSSR count). The van der Waals surface area contributed by atoms with Gasteiger partial charge in [0.25, 0.3) is 0 Å². The van der Waals surface area contributed by atoms with Crippen molar-refractivity contribution >= 4 is 22.8 Å². The van der Waals surface area contributed by atoms with E-state index in [9.17, 15) is 13.2 Å². The summed E-state index contributed by atoms with van der Waals surface area (Å²) in [7, 11) is 0. The Hall–Kier alpha value is -1.30. The van der Waals surface area contributed by atoms with Crippen molar-refractivity contribution in [3.8, 4) is 0 Å². The number of unbranched alkanes of at least 4 members (excludes halogenated alkanes) is 1. The molecule has 21 heavy (non-hydrogen) atoms.